The van der Waals surface area contributed by atoms with Crippen molar-refractivity contribution in [3.63, 3.8) is 0 Å². The van der Waals surface area contributed by atoms with Crippen molar-refractivity contribution in [1.82, 2.24) is 0 Å². The Morgan fingerprint density at radius 1 is 1.06 bits per heavy atom. The van der Waals surface area contributed by atoms with E-state index in [1.165, 1.54) is 12.1 Å². The van der Waals surface area contributed by atoms with E-state index in [9.17, 15) is 44.8 Å². The van der Waals surface area contributed by atoms with Gasteiger partial charge in [-0.15, -0.1) is 0 Å². The molecule has 32 heavy (non-hydrogen) atoms. The van der Waals surface area contributed by atoms with E-state index in [1.807, 2.05) is 0 Å². The molecule has 2 atom stereocenters. The molecule has 0 fully saturated rings. The van der Waals surface area contributed by atoms with E-state index >= 15 is 0 Å². The van der Waals surface area contributed by atoms with Crippen LogP contribution in [0.25, 0.3) is 0 Å². The smallest absolute Gasteiger partial charge is 0.404 e. The van der Waals surface area contributed by atoms with E-state index in [1.54, 1.807) is 0 Å². The molecule has 0 bridgehead atoms. The summed E-state index contributed by atoms with van der Waals surface area (Å²) in [6.07, 6.45) is -11.5. The van der Waals surface area contributed by atoms with Crippen molar-refractivity contribution in [2.45, 2.75) is 48.5 Å². The molecule has 0 aliphatic carbocycles. The molecule has 2 unspecified atom stereocenters. The van der Waals surface area contributed by atoms with E-state index in [0.717, 1.165) is 28.6 Å². The number of benzene rings is 2. The molecule has 1 aliphatic rings. The zero-order valence-electron chi connectivity index (χ0n) is 16.1. The van der Waals surface area contributed by atoms with E-state index in [0.29, 0.717) is 6.07 Å². The minimum Gasteiger partial charge on any atom is -0.481 e. The Balaban J connectivity index is 2.08. The summed E-state index contributed by atoms with van der Waals surface area (Å²) in [7, 11) is -2.08. The average molecular weight is 483 g/mol. The molecule has 3 rings (SSSR count). The van der Waals surface area contributed by atoms with Crippen molar-refractivity contribution in [1.29, 1.82) is 0 Å². The lowest BCUT2D eigenvalue weighted by Crippen LogP contribution is -2.42. The predicted octanol–water partition coefficient (Wildman–Crippen LogP) is 5.35. The fourth-order valence-corrected chi connectivity index (χ4v) is 5.08. The number of aliphatic carboxylic acids is 1. The highest BCUT2D eigenvalue weighted by Crippen LogP contribution is 2.47. The summed E-state index contributed by atoms with van der Waals surface area (Å²) >= 11 is 0. The molecule has 2 aromatic rings. The first-order valence-corrected chi connectivity index (χ1v) is 10.3. The SMILES string of the molecule is O=C(O)CC1CCc2cc(C(C(F)(F)F)C(F)(F)F)ccc2N1S(=O)c1ccc(F)cc1. The van der Waals surface area contributed by atoms with Gasteiger partial charge in [-0.3, -0.25) is 9.10 Å². The zero-order chi connectivity index (χ0) is 23.8. The molecule has 174 valence electrons. The second kappa shape index (κ2) is 8.72. The maximum absolute atomic E-state index is 13.2. The monoisotopic (exact) mass is 483 g/mol. The number of fused-ring (bicyclic) bond motifs is 1. The highest BCUT2D eigenvalue weighted by atomic mass is 32.2. The molecule has 12 heteroatoms. The van der Waals surface area contributed by atoms with Gasteiger partial charge in [-0.05, 0) is 54.3 Å². The van der Waals surface area contributed by atoms with Gasteiger partial charge < -0.3 is 5.11 Å². The number of aryl methyl sites for hydroxylation is 1. The van der Waals surface area contributed by atoms with Crippen molar-refractivity contribution in [3.8, 4) is 0 Å². The molecule has 0 saturated carbocycles. The van der Waals surface area contributed by atoms with Crippen LogP contribution in [0.2, 0.25) is 0 Å². The number of alkyl halides is 6. The van der Waals surface area contributed by atoms with Gasteiger partial charge in [0.1, 0.15) is 5.82 Å². The lowest BCUT2D eigenvalue weighted by Gasteiger charge is -2.37. The van der Waals surface area contributed by atoms with Crippen molar-refractivity contribution < 1.29 is 44.8 Å². The number of rotatable bonds is 5. The third kappa shape index (κ3) is 5.05. The van der Waals surface area contributed by atoms with E-state index in [-0.39, 0.29) is 29.0 Å². The van der Waals surface area contributed by atoms with Gasteiger partial charge in [0.2, 0.25) is 0 Å². The first kappa shape index (κ1) is 24.0. The van der Waals surface area contributed by atoms with Crippen LogP contribution in [0.15, 0.2) is 47.4 Å². The maximum Gasteiger partial charge on any atom is 0.404 e. The Morgan fingerprint density at radius 2 is 1.66 bits per heavy atom. The number of anilines is 1. The summed E-state index contributed by atoms with van der Waals surface area (Å²) in [6.45, 7) is 0. The van der Waals surface area contributed by atoms with Crippen LogP contribution in [0.5, 0.6) is 0 Å². The third-order valence-corrected chi connectivity index (χ3v) is 6.54. The highest BCUT2D eigenvalue weighted by molar-refractivity contribution is 7.86. The summed E-state index contributed by atoms with van der Waals surface area (Å²) in [5.41, 5.74) is -0.858. The molecule has 2 aromatic carbocycles. The van der Waals surface area contributed by atoms with Gasteiger partial charge in [0.05, 0.1) is 23.0 Å². The van der Waals surface area contributed by atoms with Gasteiger partial charge in [-0.25, -0.2) is 8.60 Å². The fourth-order valence-electron chi connectivity index (χ4n) is 3.68. The summed E-state index contributed by atoms with van der Waals surface area (Å²) in [5.74, 6) is -5.51. The highest BCUT2D eigenvalue weighted by Gasteiger charge is 2.57. The summed E-state index contributed by atoms with van der Waals surface area (Å²) in [5, 5.41) is 9.19. The molecule has 0 aromatic heterocycles. The standard InChI is InChI=1S/C20H16F7NO3S/c21-13-3-6-15(7-4-13)32(31)28-14(10-17(29)30)5-1-11-9-12(2-8-16(11)28)18(19(22,23)24)20(25,26)27/h2-4,6-9,14,18H,1,5,10H2,(H,29,30). The van der Waals surface area contributed by atoms with E-state index in [4.69, 9.17) is 0 Å². The Labute approximate surface area is 180 Å². The number of carboxylic acid groups (broad SMARTS) is 1. The molecule has 0 saturated heterocycles. The van der Waals surface area contributed by atoms with Crippen molar-refractivity contribution >= 4 is 22.6 Å². The van der Waals surface area contributed by atoms with Gasteiger partial charge in [0.25, 0.3) is 0 Å². The third-order valence-electron chi connectivity index (χ3n) is 5.01. The molecular formula is C20H16F7NO3S. The minimum atomic E-state index is -5.57. The van der Waals surface area contributed by atoms with Crippen molar-refractivity contribution in [2.24, 2.45) is 0 Å². The van der Waals surface area contributed by atoms with Gasteiger partial charge in [0.15, 0.2) is 16.9 Å². The minimum absolute atomic E-state index is 0.000667. The van der Waals surface area contributed by atoms with Crippen LogP contribution in [0.1, 0.15) is 29.9 Å². The normalized spacial score (nSPS) is 17.9. The van der Waals surface area contributed by atoms with Gasteiger partial charge in [-0.1, -0.05) is 12.1 Å². The maximum atomic E-state index is 13.2. The molecule has 4 nitrogen and oxygen atoms in total. The summed E-state index contributed by atoms with van der Waals surface area (Å²) in [4.78, 5) is 11.4. The molecule has 0 radical (unpaired) electrons. The Bertz CT molecular complexity index is 1010. The first-order chi connectivity index (χ1) is 14.8. The van der Waals surface area contributed by atoms with E-state index in [2.05, 4.69) is 0 Å². The van der Waals surface area contributed by atoms with Crippen molar-refractivity contribution in [3.05, 3.63) is 59.4 Å². The quantitative estimate of drug-likeness (QED) is 0.584. The van der Waals surface area contributed by atoms with Crippen LogP contribution in [-0.2, 0) is 22.2 Å². The molecule has 1 heterocycles. The average Bonchev–Trinajstić information content (AvgIpc) is 2.65. The molecule has 0 amide bonds. The van der Waals surface area contributed by atoms with Crippen molar-refractivity contribution in [2.75, 3.05) is 4.31 Å². The molecule has 0 spiro atoms. The number of halogens is 7. The van der Waals surface area contributed by atoms with Crippen LogP contribution in [-0.4, -0.2) is 33.7 Å². The molecular weight excluding hydrogens is 467 g/mol. The Kier molecular flexibility index (Phi) is 6.55. The number of hydrogen-bond donors (Lipinski definition) is 1. The van der Waals surface area contributed by atoms with Crippen LogP contribution in [0.4, 0.5) is 36.4 Å². The van der Waals surface area contributed by atoms with Gasteiger partial charge in [-0.2, -0.15) is 26.3 Å². The lowest BCUT2D eigenvalue weighted by atomic mass is 9.90. The number of carboxylic acids is 1. The Morgan fingerprint density at radius 3 is 2.19 bits per heavy atom. The van der Waals surface area contributed by atoms with Crippen LogP contribution >= 0.6 is 0 Å². The summed E-state index contributed by atoms with van der Waals surface area (Å²) < 4.78 is 106. The van der Waals surface area contributed by atoms with E-state index < -0.39 is 59.1 Å². The predicted molar refractivity (Wildman–Crippen MR) is 101 cm³/mol. The second-order valence-corrected chi connectivity index (χ2v) is 8.59. The zero-order valence-corrected chi connectivity index (χ0v) is 16.9. The first-order valence-electron chi connectivity index (χ1n) is 9.23. The number of hydrogen-bond acceptors (Lipinski definition) is 2. The fraction of sp³-hybridized carbons (Fsp3) is 0.350. The van der Waals surface area contributed by atoms with Crippen LogP contribution < -0.4 is 4.31 Å². The Hall–Kier alpha value is -2.63. The van der Waals surface area contributed by atoms with Gasteiger partial charge >= 0.3 is 18.3 Å². The topological polar surface area (TPSA) is 57.6 Å². The van der Waals surface area contributed by atoms with Gasteiger partial charge in [0, 0.05) is 0 Å². The number of nitrogens with zero attached hydrogens (tertiary/aromatic N) is 1. The van der Waals surface area contributed by atoms with Crippen LogP contribution in [0.3, 0.4) is 0 Å². The number of carbonyl (C=O) groups is 1. The second-order valence-electron chi connectivity index (χ2n) is 7.22. The largest absolute Gasteiger partial charge is 0.481 e. The summed E-state index contributed by atoms with van der Waals surface area (Å²) in [6, 6.07) is 6.05. The lowest BCUT2D eigenvalue weighted by molar-refractivity contribution is -0.253. The molecule has 1 N–H and O–H groups in total. The molecule has 1 aliphatic heterocycles. The van der Waals surface area contributed by atoms with Crippen LogP contribution in [0, 0.1) is 5.82 Å².